The minimum atomic E-state index is -0.189. The summed E-state index contributed by atoms with van der Waals surface area (Å²) in [5.41, 5.74) is 2.17. The van der Waals surface area contributed by atoms with Gasteiger partial charge in [0.25, 0.3) is 5.91 Å². The maximum absolute atomic E-state index is 12.1. The molecule has 0 aliphatic carbocycles. The first-order valence-corrected chi connectivity index (χ1v) is 7.86. The number of rotatable bonds is 5. The smallest absolute Gasteiger partial charge is 0.272 e. The van der Waals surface area contributed by atoms with Crippen molar-refractivity contribution in [3.63, 3.8) is 0 Å². The van der Waals surface area contributed by atoms with Crippen molar-refractivity contribution in [2.24, 2.45) is 7.05 Å². The fourth-order valence-electron chi connectivity index (χ4n) is 2.34. The molecule has 2 N–H and O–H groups in total. The molecule has 0 saturated carbocycles. The van der Waals surface area contributed by atoms with Crippen LogP contribution in [0.2, 0.25) is 5.02 Å². The molecule has 0 aliphatic heterocycles. The maximum Gasteiger partial charge on any atom is 0.272 e. The van der Waals surface area contributed by atoms with Gasteiger partial charge in [-0.1, -0.05) is 11.6 Å². The number of amides is 1. The molecular formula is C16H17ClN6O. The Hall–Kier alpha value is -2.67. The molecule has 0 atom stereocenters. The Morgan fingerprint density at radius 2 is 2.08 bits per heavy atom. The molecule has 2 aromatic heterocycles. The molecule has 0 aliphatic rings. The van der Waals surface area contributed by atoms with E-state index in [2.05, 4.69) is 25.6 Å². The summed E-state index contributed by atoms with van der Waals surface area (Å²) in [5.74, 6) is 1.12. The van der Waals surface area contributed by atoms with Gasteiger partial charge in [0.15, 0.2) is 11.5 Å². The van der Waals surface area contributed by atoms with E-state index >= 15 is 0 Å². The molecule has 0 fully saturated rings. The first kappa shape index (κ1) is 16.2. The van der Waals surface area contributed by atoms with Gasteiger partial charge < -0.3 is 5.32 Å². The van der Waals surface area contributed by atoms with Crippen LogP contribution in [-0.2, 0) is 13.5 Å². The first-order valence-electron chi connectivity index (χ1n) is 7.48. The predicted octanol–water partition coefficient (Wildman–Crippen LogP) is 2.14. The van der Waals surface area contributed by atoms with Crippen LogP contribution in [0.3, 0.4) is 0 Å². The summed E-state index contributed by atoms with van der Waals surface area (Å²) in [4.78, 5) is 16.5. The van der Waals surface area contributed by atoms with Gasteiger partial charge in [-0.15, -0.1) is 0 Å². The quantitative estimate of drug-likeness (QED) is 0.742. The lowest BCUT2D eigenvalue weighted by Crippen LogP contribution is -2.27. The van der Waals surface area contributed by atoms with Gasteiger partial charge in [0.05, 0.1) is 0 Å². The van der Waals surface area contributed by atoms with Crippen LogP contribution in [0, 0.1) is 6.92 Å². The molecule has 24 heavy (non-hydrogen) atoms. The second-order valence-electron chi connectivity index (χ2n) is 5.45. The summed E-state index contributed by atoms with van der Waals surface area (Å²) in [6.45, 7) is 2.31. The third kappa shape index (κ3) is 3.62. The van der Waals surface area contributed by atoms with Crippen molar-refractivity contribution >= 4 is 17.5 Å². The summed E-state index contributed by atoms with van der Waals surface area (Å²) in [6.07, 6.45) is 2.36. The van der Waals surface area contributed by atoms with Gasteiger partial charge >= 0.3 is 0 Å². The van der Waals surface area contributed by atoms with E-state index in [1.807, 2.05) is 25.3 Å². The Bertz CT molecular complexity index is 852. The molecule has 8 heteroatoms. The molecule has 0 radical (unpaired) electrons. The summed E-state index contributed by atoms with van der Waals surface area (Å²) in [5, 5.41) is 14.7. The third-order valence-corrected chi connectivity index (χ3v) is 3.76. The van der Waals surface area contributed by atoms with E-state index in [9.17, 15) is 4.79 Å². The van der Waals surface area contributed by atoms with Gasteiger partial charge in [-0.05, 0) is 31.2 Å². The second-order valence-corrected chi connectivity index (χ2v) is 5.89. The van der Waals surface area contributed by atoms with E-state index < -0.39 is 0 Å². The van der Waals surface area contributed by atoms with Crippen LogP contribution in [0.1, 0.15) is 21.9 Å². The Labute approximate surface area is 144 Å². The van der Waals surface area contributed by atoms with E-state index in [-0.39, 0.29) is 5.91 Å². The number of nitrogens with zero attached hydrogens (tertiary/aromatic N) is 4. The standard InChI is InChI=1S/C16H17ClN6O/c1-10-9-23(2)22-14(10)16(24)18-8-7-13-19-15(21-20-13)11-3-5-12(17)6-4-11/h3-6,9H,7-8H2,1-2H3,(H,18,24)(H,19,20,21). The maximum atomic E-state index is 12.1. The highest BCUT2D eigenvalue weighted by Gasteiger charge is 2.13. The van der Waals surface area contributed by atoms with Crippen molar-refractivity contribution in [3.05, 3.63) is 52.6 Å². The third-order valence-electron chi connectivity index (χ3n) is 3.51. The molecule has 1 aromatic carbocycles. The molecule has 7 nitrogen and oxygen atoms in total. The fraction of sp³-hybridized carbons (Fsp3) is 0.250. The molecule has 0 unspecified atom stereocenters. The number of hydrogen-bond acceptors (Lipinski definition) is 4. The van der Waals surface area contributed by atoms with Gasteiger partial charge in [-0.2, -0.15) is 10.2 Å². The predicted molar refractivity (Wildman–Crippen MR) is 90.8 cm³/mol. The number of hydrogen-bond donors (Lipinski definition) is 2. The number of aryl methyl sites for hydroxylation is 2. The van der Waals surface area contributed by atoms with Crippen LogP contribution in [0.5, 0.6) is 0 Å². The largest absolute Gasteiger partial charge is 0.350 e. The Morgan fingerprint density at radius 3 is 2.75 bits per heavy atom. The zero-order valence-corrected chi connectivity index (χ0v) is 14.1. The molecule has 1 amide bonds. The number of nitrogens with one attached hydrogen (secondary N) is 2. The number of carbonyl (C=O) groups excluding carboxylic acids is 1. The van der Waals surface area contributed by atoms with Crippen LogP contribution < -0.4 is 5.32 Å². The van der Waals surface area contributed by atoms with E-state index in [1.54, 1.807) is 23.9 Å². The normalized spacial score (nSPS) is 10.8. The van der Waals surface area contributed by atoms with Gasteiger partial charge in [0.1, 0.15) is 5.82 Å². The minimum absolute atomic E-state index is 0.189. The van der Waals surface area contributed by atoms with Crippen molar-refractivity contribution in [1.82, 2.24) is 30.3 Å². The molecule has 2 heterocycles. The zero-order chi connectivity index (χ0) is 17.1. The fourth-order valence-corrected chi connectivity index (χ4v) is 2.47. The van der Waals surface area contributed by atoms with Crippen LogP contribution in [0.25, 0.3) is 11.4 Å². The lowest BCUT2D eigenvalue weighted by molar-refractivity contribution is 0.0947. The summed E-state index contributed by atoms with van der Waals surface area (Å²) in [6, 6.07) is 7.31. The second kappa shape index (κ2) is 6.84. The number of aromatic amines is 1. The molecule has 124 valence electrons. The highest BCUT2D eigenvalue weighted by atomic mass is 35.5. The van der Waals surface area contributed by atoms with Gasteiger partial charge in [-0.3, -0.25) is 14.6 Å². The van der Waals surface area contributed by atoms with Crippen LogP contribution in [0.4, 0.5) is 0 Å². The number of H-pyrrole nitrogens is 1. The van der Waals surface area contributed by atoms with Gasteiger partial charge in [0, 0.05) is 42.4 Å². The van der Waals surface area contributed by atoms with Crippen molar-refractivity contribution in [2.75, 3.05) is 6.54 Å². The van der Waals surface area contributed by atoms with Crippen molar-refractivity contribution in [3.8, 4) is 11.4 Å². The van der Waals surface area contributed by atoms with E-state index in [0.29, 0.717) is 35.3 Å². The highest BCUT2D eigenvalue weighted by Crippen LogP contribution is 2.17. The minimum Gasteiger partial charge on any atom is -0.350 e. The van der Waals surface area contributed by atoms with Gasteiger partial charge in [-0.25, -0.2) is 4.98 Å². The molecule has 3 aromatic rings. The van der Waals surface area contributed by atoms with Crippen LogP contribution in [0.15, 0.2) is 30.5 Å². The molecule has 3 rings (SSSR count). The highest BCUT2D eigenvalue weighted by molar-refractivity contribution is 6.30. The average molecular weight is 345 g/mol. The number of carbonyl (C=O) groups is 1. The summed E-state index contributed by atoms with van der Waals surface area (Å²) >= 11 is 5.87. The molecular weight excluding hydrogens is 328 g/mol. The van der Waals surface area contributed by atoms with Crippen molar-refractivity contribution in [2.45, 2.75) is 13.3 Å². The Kier molecular flexibility index (Phi) is 4.61. The van der Waals surface area contributed by atoms with Crippen LogP contribution >= 0.6 is 11.6 Å². The zero-order valence-electron chi connectivity index (χ0n) is 13.4. The van der Waals surface area contributed by atoms with Crippen molar-refractivity contribution in [1.29, 1.82) is 0 Å². The van der Waals surface area contributed by atoms with Gasteiger partial charge in [0.2, 0.25) is 0 Å². The molecule has 0 saturated heterocycles. The van der Waals surface area contributed by atoms with Crippen molar-refractivity contribution < 1.29 is 4.79 Å². The topological polar surface area (TPSA) is 88.5 Å². The lowest BCUT2D eigenvalue weighted by atomic mass is 10.2. The average Bonchev–Trinajstić information content (AvgIpc) is 3.14. The van der Waals surface area contributed by atoms with E-state index in [4.69, 9.17) is 11.6 Å². The summed E-state index contributed by atoms with van der Waals surface area (Å²) < 4.78 is 1.62. The lowest BCUT2D eigenvalue weighted by Gasteiger charge is -2.01. The first-order chi connectivity index (χ1) is 11.5. The number of aromatic nitrogens is 5. The molecule has 0 bridgehead atoms. The number of benzene rings is 1. The van der Waals surface area contributed by atoms with Crippen LogP contribution in [-0.4, -0.2) is 37.4 Å². The Balaban J connectivity index is 1.57. The number of halogens is 1. The SMILES string of the molecule is Cc1cn(C)nc1C(=O)NCCc1nc(-c2ccc(Cl)cc2)n[nH]1. The monoisotopic (exact) mass is 344 g/mol. The molecule has 0 spiro atoms. The van der Waals surface area contributed by atoms with E-state index in [0.717, 1.165) is 11.1 Å². The summed E-state index contributed by atoms with van der Waals surface area (Å²) in [7, 11) is 1.79. The Morgan fingerprint density at radius 1 is 1.33 bits per heavy atom. The van der Waals surface area contributed by atoms with E-state index in [1.165, 1.54) is 0 Å².